The highest BCUT2D eigenvalue weighted by atomic mass is 32.1. The number of carbonyl (C=O) groups is 1. The summed E-state index contributed by atoms with van der Waals surface area (Å²) in [5, 5.41) is 3.77. The van der Waals surface area contributed by atoms with Gasteiger partial charge in [0.15, 0.2) is 4.96 Å². The van der Waals surface area contributed by atoms with Gasteiger partial charge in [0, 0.05) is 22.5 Å². The van der Waals surface area contributed by atoms with Crippen molar-refractivity contribution in [1.82, 2.24) is 9.38 Å². The number of thiophene rings is 1. The van der Waals surface area contributed by atoms with Crippen molar-refractivity contribution in [2.24, 2.45) is 0 Å². The van der Waals surface area contributed by atoms with E-state index in [1.807, 2.05) is 17.5 Å². The zero-order valence-corrected chi connectivity index (χ0v) is 12.7. The third-order valence-electron chi connectivity index (χ3n) is 2.89. The fourth-order valence-corrected chi connectivity index (χ4v) is 3.32. The SMILES string of the molecule is O=C(CCc1cccs1)OCc1cc(=O)n2ccsc2n1. The zero-order chi connectivity index (χ0) is 14.7. The van der Waals surface area contributed by atoms with E-state index in [9.17, 15) is 9.59 Å². The van der Waals surface area contributed by atoms with Crippen LogP contribution in [0.4, 0.5) is 0 Å². The zero-order valence-electron chi connectivity index (χ0n) is 11.0. The van der Waals surface area contributed by atoms with Crippen LogP contribution < -0.4 is 5.56 Å². The lowest BCUT2D eigenvalue weighted by molar-refractivity contribution is -0.145. The van der Waals surface area contributed by atoms with Crippen LogP contribution in [0.3, 0.4) is 0 Å². The minimum Gasteiger partial charge on any atom is -0.459 e. The summed E-state index contributed by atoms with van der Waals surface area (Å²) < 4.78 is 6.63. The monoisotopic (exact) mass is 320 g/mol. The summed E-state index contributed by atoms with van der Waals surface area (Å²) in [7, 11) is 0. The van der Waals surface area contributed by atoms with Crippen LogP contribution in [0.25, 0.3) is 4.96 Å². The molecular weight excluding hydrogens is 308 g/mol. The third-order valence-corrected chi connectivity index (χ3v) is 4.59. The van der Waals surface area contributed by atoms with Crippen molar-refractivity contribution >= 4 is 33.6 Å². The lowest BCUT2D eigenvalue weighted by Crippen LogP contribution is -2.14. The Balaban J connectivity index is 1.58. The second kappa shape index (κ2) is 6.19. The molecule has 7 heteroatoms. The smallest absolute Gasteiger partial charge is 0.306 e. The molecule has 0 atom stereocenters. The Morgan fingerprint density at radius 1 is 1.33 bits per heavy atom. The first-order valence-corrected chi connectivity index (χ1v) is 8.12. The molecule has 3 rings (SSSR count). The first-order valence-electron chi connectivity index (χ1n) is 6.36. The van der Waals surface area contributed by atoms with Crippen LogP contribution in [-0.4, -0.2) is 15.4 Å². The largest absolute Gasteiger partial charge is 0.459 e. The molecule has 108 valence electrons. The van der Waals surface area contributed by atoms with Crippen molar-refractivity contribution in [3.8, 4) is 0 Å². The molecule has 0 saturated heterocycles. The van der Waals surface area contributed by atoms with Crippen LogP contribution in [0.5, 0.6) is 0 Å². The number of hydrogen-bond donors (Lipinski definition) is 0. The highest BCUT2D eigenvalue weighted by Crippen LogP contribution is 2.12. The number of hydrogen-bond acceptors (Lipinski definition) is 6. The van der Waals surface area contributed by atoms with Crippen molar-refractivity contribution in [3.63, 3.8) is 0 Å². The number of rotatable bonds is 5. The van der Waals surface area contributed by atoms with Crippen LogP contribution in [-0.2, 0) is 22.6 Å². The van der Waals surface area contributed by atoms with Gasteiger partial charge >= 0.3 is 5.97 Å². The van der Waals surface area contributed by atoms with E-state index >= 15 is 0 Å². The summed E-state index contributed by atoms with van der Waals surface area (Å²) in [5.41, 5.74) is 0.317. The van der Waals surface area contributed by atoms with Gasteiger partial charge in [-0.3, -0.25) is 14.0 Å². The summed E-state index contributed by atoms with van der Waals surface area (Å²) in [6.45, 7) is 0.0346. The average Bonchev–Trinajstić information content (AvgIpc) is 3.14. The van der Waals surface area contributed by atoms with Crippen LogP contribution in [0.15, 0.2) is 40.0 Å². The van der Waals surface area contributed by atoms with Crippen molar-refractivity contribution in [3.05, 3.63) is 56.1 Å². The Morgan fingerprint density at radius 2 is 2.24 bits per heavy atom. The minimum absolute atomic E-state index is 0.0346. The van der Waals surface area contributed by atoms with Crippen LogP contribution in [0, 0.1) is 0 Å². The van der Waals surface area contributed by atoms with Gasteiger partial charge in [-0.1, -0.05) is 6.07 Å². The third kappa shape index (κ3) is 3.37. The first-order chi connectivity index (χ1) is 10.2. The summed E-state index contributed by atoms with van der Waals surface area (Å²) >= 11 is 2.99. The molecular formula is C14H12N2O3S2. The van der Waals surface area contributed by atoms with E-state index in [0.717, 1.165) is 4.88 Å². The normalized spacial score (nSPS) is 10.9. The Labute approximate surface area is 128 Å². The van der Waals surface area contributed by atoms with E-state index in [2.05, 4.69) is 4.98 Å². The Hall–Kier alpha value is -1.99. The summed E-state index contributed by atoms with van der Waals surface area (Å²) in [4.78, 5) is 29.5. The molecule has 21 heavy (non-hydrogen) atoms. The average molecular weight is 320 g/mol. The van der Waals surface area contributed by atoms with E-state index in [0.29, 0.717) is 23.5 Å². The molecule has 3 aromatic heterocycles. The molecule has 0 aliphatic carbocycles. The second-order valence-corrected chi connectivity index (χ2v) is 6.29. The highest BCUT2D eigenvalue weighted by molar-refractivity contribution is 7.15. The molecule has 3 heterocycles. The molecule has 0 spiro atoms. The molecule has 0 saturated carbocycles. The fraction of sp³-hybridized carbons (Fsp3) is 0.214. The van der Waals surface area contributed by atoms with Gasteiger partial charge in [-0.15, -0.1) is 22.7 Å². The van der Waals surface area contributed by atoms with Crippen LogP contribution in [0.2, 0.25) is 0 Å². The number of fused-ring (bicyclic) bond motifs is 1. The summed E-state index contributed by atoms with van der Waals surface area (Å²) in [6.07, 6.45) is 2.68. The number of nitrogens with zero attached hydrogens (tertiary/aromatic N) is 2. The maximum atomic E-state index is 11.8. The molecule has 0 aliphatic rings. The number of esters is 1. The molecule has 0 amide bonds. The number of thiazole rings is 1. The maximum Gasteiger partial charge on any atom is 0.306 e. The van der Waals surface area contributed by atoms with Gasteiger partial charge in [-0.25, -0.2) is 4.98 Å². The summed E-state index contributed by atoms with van der Waals surface area (Å²) in [5.74, 6) is -0.281. The number of carbonyl (C=O) groups excluding carboxylic acids is 1. The second-order valence-electron chi connectivity index (χ2n) is 4.38. The lowest BCUT2D eigenvalue weighted by atomic mass is 10.3. The standard InChI is InChI=1S/C14H12N2O3S2/c17-12-8-10(15-14-16(12)5-7-21-14)9-19-13(18)4-3-11-2-1-6-20-11/h1-2,5-8H,3-4,9H2. The van der Waals surface area contributed by atoms with Crippen molar-refractivity contribution < 1.29 is 9.53 Å². The molecule has 0 unspecified atom stereocenters. The van der Waals surface area contributed by atoms with E-state index < -0.39 is 0 Å². The van der Waals surface area contributed by atoms with Gasteiger partial charge in [0.2, 0.25) is 0 Å². The van der Waals surface area contributed by atoms with E-state index in [1.54, 1.807) is 22.9 Å². The van der Waals surface area contributed by atoms with Crippen molar-refractivity contribution in [2.75, 3.05) is 0 Å². The Morgan fingerprint density at radius 3 is 3.05 bits per heavy atom. The Kier molecular flexibility index (Phi) is 4.12. The number of aromatic nitrogens is 2. The topological polar surface area (TPSA) is 60.7 Å². The Bertz CT molecular complexity index is 805. The molecule has 3 aromatic rings. The van der Waals surface area contributed by atoms with Gasteiger partial charge in [0.1, 0.15) is 6.61 Å². The molecule has 5 nitrogen and oxygen atoms in total. The van der Waals surface area contributed by atoms with Crippen LogP contribution in [0.1, 0.15) is 17.0 Å². The van der Waals surface area contributed by atoms with E-state index in [1.165, 1.54) is 21.8 Å². The molecule has 0 fully saturated rings. The van der Waals surface area contributed by atoms with Crippen LogP contribution >= 0.6 is 22.7 Å². The predicted octanol–water partition coefficient (Wildman–Crippen LogP) is 2.49. The maximum absolute atomic E-state index is 11.8. The molecule has 0 bridgehead atoms. The number of aryl methyl sites for hydroxylation is 1. The first kappa shape index (κ1) is 14.0. The fourth-order valence-electron chi connectivity index (χ4n) is 1.87. The predicted molar refractivity (Wildman–Crippen MR) is 81.8 cm³/mol. The van der Waals surface area contributed by atoms with E-state index in [4.69, 9.17) is 4.74 Å². The van der Waals surface area contributed by atoms with Gasteiger partial charge in [0.25, 0.3) is 5.56 Å². The van der Waals surface area contributed by atoms with Gasteiger partial charge in [0.05, 0.1) is 12.1 Å². The molecule has 0 radical (unpaired) electrons. The molecule has 0 aliphatic heterocycles. The van der Waals surface area contributed by atoms with Gasteiger partial charge in [-0.05, 0) is 17.9 Å². The molecule has 0 aromatic carbocycles. The van der Waals surface area contributed by atoms with Gasteiger partial charge in [-0.2, -0.15) is 0 Å². The summed E-state index contributed by atoms with van der Waals surface area (Å²) in [6, 6.07) is 5.34. The highest BCUT2D eigenvalue weighted by Gasteiger charge is 2.08. The van der Waals surface area contributed by atoms with E-state index in [-0.39, 0.29) is 18.1 Å². The van der Waals surface area contributed by atoms with Crippen molar-refractivity contribution in [1.29, 1.82) is 0 Å². The lowest BCUT2D eigenvalue weighted by Gasteiger charge is -2.04. The van der Waals surface area contributed by atoms with Crippen molar-refractivity contribution in [2.45, 2.75) is 19.4 Å². The quantitative estimate of drug-likeness (QED) is 0.678. The molecule has 0 N–H and O–H groups in total. The number of ether oxygens (including phenoxy) is 1. The van der Waals surface area contributed by atoms with Gasteiger partial charge < -0.3 is 4.74 Å². The minimum atomic E-state index is -0.281.